The van der Waals surface area contributed by atoms with Gasteiger partial charge in [0.25, 0.3) is 0 Å². The molecule has 3 rings (SSSR count). The second-order valence-electron chi connectivity index (χ2n) is 6.04. The Balaban J connectivity index is 1.96. The molecule has 0 aliphatic heterocycles. The molecular formula is C19H18F2N2O2. The van der Waals surface area contributed by atoms with Crippen LogP contribution in [0.2, 0.25) is 0 Å². The van der Waals surface area contributed by atoms with Crippen molar-refractivity contribution in [2.75, 3.05) is 0 Å². The zero-order chi connectivity index (χ0) is 18.0. The molecule has 0 saturated carbocycles. The van der Waals surface area contributed by atoms with Crippen molar-refractivity contribution in [3.05, 3.63) is 59.8 Å². The number of carbonyl (C=O) groups is 1. The van der Waals surface area contributed by atoms with E-state index in [4.69, 9.17) is 4.74 Å². The van der Waals surface area contributed by atoms with Gasteiger partial charge in [-0.2, -0.15) is 13.9 Å². The first-order valence-corrected chi connectivity index (χ1v) is 7.98. The molecule has 0 radical (unpaired) electrons. The molecule has 0 bridgehead atoms. The third-order valence-corrected chi connectivity index (χ3v) is 3.87. The van der Waals surface area contributed by atoms with Crippen molar-refractivity contribution < 1.29 is 18.3 Å². The predicted octanol–water partition coefficient (Wildman–Crippen LogP) is 4.85. The van der Waals surface area contributed by atoms with Crippen LogP contribution in [-0.2, 0) is 6.61 Å². The summed E-state index contributed by atoms with van der Waals surface area (Å²) in [5.74, 6) is -0.137. The molecule has 2 aromatic carbocycles. The third kappa shape index (κ3) is 3.52. The van der Waals surface area contributed by atoms with Crippen molar-refractivity contribution in [3.63, 3.8) is 0 Å². The van der Waals surface area contributed by atoms with Gasteiger partial charge in [-0.3, -0.25) is 4.79 Å². The standard InChI is InChI=1S/C19H18F2N2O2/c1-12(2)18(24)17-15-9-8-14(10-16(15)23(22-17)19(20)21)25-11-13-6-4-3-5-7-13/h3-10,12,19H,11H2,1-2H3. The first-order valence-electron chi connectivity index (χ1n) is 7.98. The molecule has 0 spiro atoms. The number of hydrogen-bond donors (Lipinski definition) is 0. The number of Topliss-reactive ketones (excluding diaryl/α,β-unsaturated/α-hetero) is 1. The summed E-state index contributed by atoms with van der Waals surface area (Å²) < 4.78 is 32.9. The Kier molecular flexibility index (Phi) is 4.79. The van der Waals surface area contributed by atoms with E-state index in [1.807, 2.05) is 30.3 Å². The fourth-order valence-electron chi connectivity index (χ4n) is 2.55. The number of nitrogens with zero attached hydrogens (tertiary/aromatic N) is 2. The van der Waals surface area contributed by atoms with E-state index in [-0.39, 0.29) is 22.9 Å². The molecule has 0 fully saturated rings. The Morgan fingerprint density at radius 3 is 2.52 bits per heavy atom. The lowest BCUT2D eigenvalue weighted by molar-refractivity contribution is 0.0606. The summed E-state index contributed by atoms with van der Waals surface area (Å²) in [7, 11) is 0. The Bertz CT molecular complexity index is 889. The van der Waals surface area contributed by atoms with Gasteiger partial charge in [-0.25, -0.2) is 4.68 Å². The van der Waals surface area contributed by atoms with Crippen LogP contribution >= 0.6 is 0 Å². The topological polar surface area (TPSA) is 44.1 Å². The van der Waals surface area contributed by atoms with Crippen LogP contribution in [0.1, 0.15) is 36.4 Å². The Labute approximate surface area is 144 Å². The van der Waals surface area contributed by atoms with Gasteiger partial charge < -0.3 is 4.74 Å². The van der Waals surface area contributed by atoms with Gasteiger partial charge in [0.1, 0.15) is 18.1 Å². The van der Waals surface area contributed by atoms with Gasteiger partial charge in [-0.05, 0) is 17.7 Å². The first-order chi connectivity index (χ1) is 12.0. The number of hydrogen-bond acceptors (Lipinski definition) is 3. The van der Waals surface area contributed by atoms with Crippen molar-refractivity contribution in [2.45, 2.75) is 27.0 Å². The number of alkyl halides is 2. The maximum Gasteiger partial charge on any atom is 0.333 e. The molecule has 3 aromatic rings. The highest BCUT2D eigenvalue weighted by molar-refractivity contribution is 6.07. The first kappa shape index (κ1) is 17.1. The summed E-state index contributed by atoms with van der Waals surface area (Å²) in [6.07, 6.45) is 0. The molecule has 130 valence electrons. The van der Waals surface area contributed by atoms with E-state index in [1.54, 1.807) is 26.0 Å². The molecule has 0 unspecified atom stereocenters. The van der Waals surface area contributed by atoms with Crippen molar-refractivity contribution in [2.24, 2.45) is 5.92 Å². The number of ketones is 1. The summed E-state index contributed by atoms with van der Waals surface area (Å²) in [4.78, 5) is 12.2. The number of fused-ring (bicyclic) bond motifs is 1. The van der Waals surface area contributed by atoms with Crippen molar-refractivity contribution in [3.8, 4) is 5.75 Å². The number of ether oxygens (including phenoxy) is 1. The van der Waals surface area contributed by atoms with Gasteiger partial charge in [0.05, 0.1) is 5.52 Å². The fourth-order valence-corrected chi connectivity index (χ4v) is 2.55. The van der Waals surface area contributed by atoms with Crippen molar-refractivity contribution >= 4 is 16.7 Å². The monoisotopic (exact) mass is 344 g/mol. The minimum absolute atomic E-state index is 0.0694. The fraction of sp³-hybridized carbons (Fsp3) is 0.263. The third-order valence-electron chi connectivity index (χ3n) is 3.87. The Morgan fingerprint density at radius 2 is 1.88 bits per heavy atom. The molecule has 0 aliphatic carbocycles. The maximum atomic E-state index is 13.3. The van der Waals surface area contributed by atoms with Crippen LogP contribution in [0.5, 0.6) is 5.75 Å². The minimum Gasteiger partial charge on any atom is -0.489 e. The quantitative estimate of drug-likeness (QED) is 0.601. The van der Waals surface area contributed by atoms with E-state index < -0.39 is 6.55 Å². The van der Waals surface area contributed by atoms with E-state index in [1.165, 1.54) is 6.07 Å². The lowest BCUT2D eigenvalue weighted by atomic mass is 10.0. The summed E-state index contributed by atoms with van der Waals surface area (Å²) in [6, 6.07) is 14.3. The maximum absolute atomic E-state index is 13.3. The van der Waals surface area contributed by atoms with Crippen LogP contribution in [0.4, 0.5) is 8.78 Å². The van der Waals surface area contributed by atoms with Gasteiger partial charge in [-0.1, -0.05) is 44.2 Å². The average molecular weight is 344 g/mol. The van der Waals surface area contributed by atoms with E-state index >= 15 is 0 Å². The highest BCUT2D eigenvalue weighted by Crippen LogP contribution is 2.29. The average Bonchev–Trinajstić information content (AvgIpc) is 2.99. The molecule has 1 heterocycles. The number of aromatic nitrogens is 2. The van der Waals surface area contributed by atoms with Gasteiger partial charge in [-0.15, -0.1) is 0 Å². The summed E-state index contributed by atoms with van der Waals surface area (Å²) in [5, 5.41) is 4.24. The van der Waals surface area contributed by atoms with Crippen LogP contribution in [-0.4, -0.2) is 15.6 Å². The highest BCUT2D eigenvalue weighted by atomic mass is 19.3. The second kappa shape index (κ2) is 7.01. The van der Waals surface area contributed by atoms with Gasteiger partial charge in [0, 0.05) is 17.4 Å². The molecule has 4 nitrogen and oxygen atoms in total. The molecule has 0 N–H and O–H groups in total. The number of carbonyl (C=O) groups excluding carboxylic acids is 1. The van der Waals surface area contributed by atoms with Gasteiger partial charge in [0.15, 0.2) is 5.78 Å². The number of halogens is 2. The molecule has 0 aliphatic rings. The Morgan fingerprint density at radius 1 is 1.16 bits per heavy atom. The van der Waals surface area contributed by atoms with Crippen LogP contribution in [0, 0.1) is 5.92 Å². The normalized spacial score (nSPS) is 11.4. The van der Waals surface area contributed by atoms with E-state index in [0.717, 1.165) is 5.56 Å². The van der Waals surface area contributed by atoms with Gasteiger partial charge >= 0.3 is 6.55 Å². The molecule has 1 aromatic heterocycles. The van der Waals surface area contributed by atoms with Crippen LogP contribution < -0.4 is 4.74 Å². The molecule has 0 saturated heterocycles. The highest BCUT2D eigenvalue weighted by Gasteiger charge is 2.23. The second-order valence-corrected chi connectivity index (χ2v) is 6.04. The summed E-state index contributed by atoms with van der Waals surface area (Å²) >= 11 is 0. The van der Waals surface area contributed by atoms with Crippen LogP contribution in [0.25, 0.3) is 10.9 Å². The van der Waals surface area contributed by atoms with Crippen LogP contribution in [0.15, 0.2) is 48.5 Å². The van der Waals surface area contributed by atoms with Crippen LogP contribution in [0.3, 0.4) is 0 Å². The van der Waals surface area contributed by atoms with Crippen molar-refractivity contribution in [1.29, 1.82) is 0 Å². The zero-order valence-corrected chi connectivity index (χ0v) is 13.9. The zero-order valence-electron chi connectivity index (χ0n) is 13.9. The molecule has 6 heteroatoms. The smallest absolute Gasteiger partial charge is 0.333 e. The predicted molar refractivity (Wildman–Crippen MR) is 90.9 cm³/mol. The Hall–Kier alpha value is -2.76. The number of benzene rings is 2. The SMILES string of the molecule is CC(C)C(=O)c1nn(C(F)F)c2cc(OCc3ccccc3)ccc12. The molecular weight excluding hydrogens is 326 g/mol. The lowest BCUT2D eigenvalue weighted by Crippen LogP contribution is -2.10. The van der Waals surface area contributed by atoms with E-state index in [9.17, 15) is 13.6 Å². The largest absolute Gasteiger partial charge is 0.489 e. The minimum atomic E-state index is -2.83. The molecule has 0 amide bonds. The lowest BCUT2D eigenvalue weighted by Gasteiger charge is -2.07. The van der Waals surface area contributed by atoms with E-state index in [2.05, 4.69) is 5.10 Å². The summed E-state index contributed by atoms with van der Waals surface area (Å²) in [5.41, 5.74) is 1.23. The summed E-state index contributed by atoms with van der Waals surface area (Å²) in [6.45, 7) is 0.924. The van der Waals surface area contributed by atoms with Gasteiger partial charge in [0.2, 0.25) is 0 Å². The number of rotatable bonds is 6. The van der Waals surface area contributed by atoms with Crippen molar-refractivity contribution in [1.82, 2.24) is 9.78 Å². The van der Waals surface area contributed by atoms with E-state index in [0.29, 0.717) is 22.4 Å². The molecule has 25 heavy (non-hydrogen) atoms. The molecule has 0 atom stereocenters.